The Bertz CT molecular complexity index is 499. The molecule has 1 atom stereocenters. The smallest absolute Gasteiger partial charge is 0.243 e. The van der Waals surface area contributed by atoms with Crippen molar-refractivity contribution in [2.24, 2.45) is 0 Å². The molecule has 0 aliphatic carbocycles. The highest BCUT2D eigenvalue weighted by Gasteiger charge is 2.20. The largest absolute Gasteiger partial charge is 0.318 e. The molecular formula is C14H28N4O2S. The first-order valence-electron chi connectivity index (χ1n) is 7.72. The Morgan fingerprint density at radius 3 is 2.67 bits per heavy atom. The van der Waals surface area contributed by atoms with Gasteiger partial charge in [0, 0.05) is 18.8 Å². The number of nitrogens with zero attached hydrogens (tertiary/aromatic N) is 2. The van der Waals surface area contributed by atoms with Gasteiger partial charge in [-0.1, -0.05) is 33.1 Å². The summed E-state index contributed by atoms with van der Waals surface area (Å²) in [6.07, 6.45) is 7.84. The van der Waals surface area contributed by atoms with Gasteiger partial charge in [-0.05, 0) is 19.9 Å². The average molecular weight is 316 g/mol. The minimum Gasteiger partial charge on any atom is -0.318 e. The van der Waals surface area contributed by atoms with Crippen LogP contribution in [0.2, 0.25) is 0 Å². The summed E-state index contributed by atoms with van der Waals surface area (Å²) in [6, 6.07) is 0.0145. The number of aromatic nitrogens is 2. The molecule has 0 radical (unpaired) electrons. The Morgan fingerprint density at radius 2 is 2.05 bits per heavy atom. The Morgan fingerprint density at radius 1 is 1.29 bits per heavy atom. The van der Waals surface area contributed by atoms with E-state index in [1.54, 1.807) is 10.9 Å². The fourth-order valence-electron chi connectivity index (χ4n) is 2.18. The van der Waals surface area contributed by atoms with E-state index in [1.165, 1.54) is 6.20 Å². The van der Waals surface area contributed by atoms with Crippen LogP contribution in [-0.4, -0.2) is 37.8 Å². The van der Waals surface area contributed by atoms with Gasteiger partial charge in [0.1, 0.15) is 4.90 Å². The lowest BCUT2D eigenvalue weighted by molar-refractivity contribution is 0.483. The summed E-state index contributed by atoms with van der Waals surface area (Å²) in [4.78, 5) is 0.246. The molecule has 1 rings (SSSR count). The van der Waals surface area contributed by atoms with Crippen LogP contribution in [0, 0.1) is 0 Å². The summed E-state index contributed by atoms with van der Waals surface area (Å²) in [6.45, 7) is 5.59. The Kier molecular flexibility index (Phi) is 7.92. The first kappa shape index (κ1) is 18.1. The van der Waals surface area contributed by atoms with Gasteiger partial charge in [0.2, 0.25) is 10.0 Å². The average Bonchev–Trinajstić information content (AvgIpc) is 2.92. The van der Waals surface area contributed by atoms with Gasteiger partial charge in [-0.25, -0.2) is 13.1 Å². The summed E-state index contributed by atoms with van der Waals surface area (Å²) in [5.41, 5.74) is 0. The summed E-state index contributed by atoms with van der Waals surface area (Å²) in [7, 11) is -1.62. The lowest BCUT2D eigenvalue weighted by Gasteiger charge is -2.17. The maximum Gasteiger partial charge on any atom is 0.243 e. The van der Waals surface area contributed by atoms with Gasteiger partial charge in [0.25, 0.3) is 0 Å². The normalized spacial score (nSPS) is 13.5. The standard InChI is InChI=1S/C14H28N4O2S/c1-4-6-8-13(7-5-2)17-21(19,20)14-11-16-18(12-14)10-9-15-3/h11-13,15,17H,4-10H2,1-3H3. The van der Waals surface area contributed by atoms with Crippen molar-refractivity contribution in [3.05, 3.63) is 12.4 Å². The second-order valence-electron chi connectivity index (χ2n) is 5.29. The van der Waals surface area contributed by atoms with Crippen LogP contribution < -0.4 is 10.0 Å². The summed E-state index contributed by atoms with van der Waals surface area (Å²) in [5, 5.41) is 7.10. The number of hydrogen-bond donors (Lipinski definition) is 2. The van der Waals surface area contributed by atoms with Crippen LogP contribution in [0.15, 0.2) is 17.3 Å². The Hall–Kier alpha value is -0.920. The highest BCUT2D eigenvalue weighted by molar-refractivity contribution is 7.89. The van der Waals surface area contributed by atoms with Gasteiger partial charge < -0.3 is 5.32 Å². The fraction of sp³-hybridized carbons (Fsp3) is 0.786. The number of likely N-dealkylation sites (N-methyl/N-ethyl adjacent to an activating group) is 1. The monoisotopic (exact) mass is 316 g/mol. The molecule has 7 heteroatoms. The first-order chi connectivity index (χ1) is 10.0. The molecule has 122 valence electrons. The van der Waals surface area contributed by atoms with Crippen LogP contribution in [0.5, 0.6) is 0 Å². The van der Waals surface area contributed by atoms with Gasteiger partial charge in [-0.15, -0.1) is 0 Å². The Balaban J connectivity index is 2.71. The highest BCUT2D eigenvalue weighted by Crippen LogP contribution is 2.13. The summed E-state index contributed by atoms with van der Waals surface area (Å²) < 4.78 is 29.2. The zero-order valence-electron chi connectivity index (χ0n) is 13.3. The van der Waals surface area contributed by atoms with Gasteiger partial charge in [0.05, 0.1) is 12.7 Å². The Labute approximate surface area is 128 Å². The molecule has 0 spiro atoms. The number of hydrogen-bond acceptors (Lipinski definition) is 4. The van der Waals surface area contributed by atoms with E-state index in [4.69, 9.17) is 0 Å². The lowest BCUT2D eigenvalue weighted by atomic mass is 10.1. The van der Waals surface area contributed by atoms with Crippen LogP contribution in [0.4, 0.5) is 0 Å². The zero-order chi connectivity index (χ0) is 15.7. The molecule has 0 saturated carbocycles. The molecule has 0 amide bonds. The number of sulfonamides is 1. The minimum absolute atomic E-state index is 0.0145. The van der Waals surface area contributed by atoms with Crippen LogP contribution >= 0.6 is 0 Å². The third-order valence-corrected chi connectivity index (χ3v) is 4.85. The van der Waals surface area contributed by atoms with E-state index >= 15 is 0 Å². The number of nitrogens with one attached hydrogen (secondary N) is 2. The van der Waals surface area contributed by atoms with E-state index in [9.17, 15) is 8.42 Å². The second kappa shape index (κ2) is 9.17. The lowest BCUT2D eigenvalue weighted by Crippen LogP contribution is -2.34. The van der Waals surface area contributed by atoms with Gasteiger partial charge >= 0.3 is 0 Å². The predicted molar refractivity (Wildman–Crippen MR) is 84.7 cm³/mol. The van der Waals surface area contributed by atoms with Crippen molar-refractivity contribution < 1.29 is 8.42 Å². The molecule has 1 aromatic rings. The van der Waals surface area contributed by atoms with E-state index in [2.05, 4.69) is 29.0 Å². The van der Waals surface area contributed by atoms with Crippen LogP contribution in [0.3, 0.4) is 0 Å². The highest BCUT2D eigenvalue weighted by atomic mass is 32.2. The summed E-state index contributed by atoms with van der Waals surface area (Å²) >= 11 is 0. The van der Waals surface area contributed by atoms with Gasteiger partial charge in [-0.2, -0.15) is 5.10 Å². The van der Waals surface area contributed by atoms with Gasteiger partial charge in [-0.3, -0.25) is 4.68 Å². The molecule has 1 heterocycles. The molecule has 0 saturated heterocycles. The topological polar surface area (TPSA) is 76.0 Å². The quantitative estimate of drug-likeness (QED) is 0.652. The molecule has 0 fully saturated rings. The predicted octanol–water partition coefficient (Wildman–Crippen LogP) is 1.74. The minimum atomic E-state index is -3.47. The maximum absolute atomic E-state index is 12.4. The zero-order valence-corrected chi connectivity index (χ0v) is 14.1. The van der Waals surface area contributed by atoms with Crippen molar-refractivity contribution in [1.82, 2.24) is 19.8 Å². The number of unbranched alkanes of at least 4 members (excludes halogenated alkanes) is 1. The molecule has 0 aliphatic rings. The van der Waals surface area contributed by atoms with E-state index in [-0.39, 0.29) is 10.9 Å². The van der Waals surface area contributed by atoms with Crippen LogP contribution in [0.1, 0.15) is 46.0 Å². The molecule has 1 unspecified atom stereocenters. The summed E-state index contributed by atoms with van der Waals surface area (Å²) in [5.74, 6) is 0. The third kappa shape index (κ3) is 6.15. The van der Waals surface area contributed by atoms with Crippen molar-refractivity contribution in [3.8, 4) is 0 Å². The molecule has 0 aliphatic heterocycles. The molecule has 0 aromatic carbocycles. The molecule has 0 bridgehead atoms. The number of rotatable bonds is 11. The first-order valence-corrected chi connectivity index (χ1v) is 9.21. The van der Waals surface area contributed by atoms with Crippen molar-refractivity contribution in [2.45, 2.75) is 63.4 Å². The van der Waals surface area contributed by atoms with E-state index in [1.807, 2.05) is 7.05 Å². The molecule has 21 heavy (non-hydrogen) atoms. The molecule has 2 N–H and O–H groups in total. The van der Waals surface area contributed by atoms with Crippen molar-refractivity contribution >= 4 is 10.0 Å². The maximum atomic E-state index is 12.4. The van der Waals surface area contributed by atoms with Crippen molar-refractivity contribution in [2.75, 3.05) is 13.6 Å². The van der Waals surface area contributed by atoms with E-state index in [0.717, 1.165) is 38.6 Å². The SMILES string of the molecule is CCCCC(CCC)NS(=O)(=O)c1cnn(CCNC)c1. The fourth-order valence-corrected chi connectivity index (χ4v) is 3.44. The molecular weight excluding hydrogens is 288 g/mol. The van der Waals surface area contributed by atoms with E-state index < -0.39 is 10.0 Å². The molecule has 6 nitrogen and oxygen atoms in total. The van der Waals surface area contributed by atoms with E-state index in [0.29, 0.717) is 6.54 Å². The van der Waals surface area contributed by atoms with Crippen molar-refractivity contribution in [1.29, 1.82) is 0 Å². The third-order valence-electron chi connectivity index (χ3n) is 3.38. The van der Waals surface area contributed by atoms with Crippen molar-refractivity contribution in [3.63, 3.8) is 0 Å². The van der Waals surface area contributed by atoms with Crippen LogP contribution in [-0.2, 0) is 16.6 Å². The van der Waals surface area contributed by atoms with Gasteiger partial charge in [0.15, 0.2) is 0 Å². The molecule has 1 aromatic heterocycles. The van der Waals surface area contributed by atoms with Crippen LogP contribution in [0.25, 0.3) is 0 Å². The second-order valence-corrected chi connectivity index (χ2v) is 7.01.